The van der Waals surface area contributed by atoms with Crippen molar-refractivity contribution in [3.8, 4) is 5.75 Å². The fraction of sp³-hybridized carbons (Fsp3) is 0.652. The Labute approximate surface area is 187 Å². The fourth-order valence-electron chi connectivity index (χ4n) is 3.82. The van der Waals surface area contributed by atoms with Crippen LogP contribution in [0.2, 0.25) is 0 Å². The van der Waals surface area contributed by atoms with Crippen LogP contribution in [0.1, 0.15) is 76.2 Å². The SMILES string of the molecule is COc1ccc(C)cc1N(CC(=O)NN=C1CCCCCCCCCCC1)S(C)(=O)=O. The average Bonchev–Trinajstić information content (AvgIpc) is 2.71. The van der Waals surface area contributed by atoms with Gasteiger partial charge in [0.1, 0.15) is 12.3 Å². The van der Waals surface area contributed by atoms with E-state index in [1.54, 1.807) is 12.1 Å². The summed E-state index contributed by atoms with van der Waals surface area (Å²) in [7, 11) is -2.21. The van der Waals surface area contributed by atoms with Crippen molar-refractivity contribution in [1.29, 1.82) is 0 Å². The molecule has 0 unspecified atom stereocenters. The second-order valence-corrected chi connectivity index (χ2v) is 10.2. The largest absolute Gasteiger partial charge is 0.495 e. The van der Waals surface area contributed by atoms with Crippen LogP contribution in [0.15, 0.2) is 23.3 Å². The number of anilines is 1. The molecule has 1 fully saturated rings. The summed E-state index contributed by atoms with van der Waals surface area (Å²) in [6.45, 7) is 1.51. The van der Waals surface area contributed by atoms with E-state index in [-0.39, 0.29) is 6.54 Å². The van der Waals surface area contributed by atoms with Crippen LogP contribution in [0.25, 0.3) is 0 Å². The fourth-order valence-corrected chi connectivity index (χ4v) is 4.67. The minimum absolute atomic E-state index is 0.346. The van der Waals surface area contributed by atoms with Gasteiger partial charge in [-0.05, 0) is 50.3 Å². The summed E-state index contributed by atoms with van der Waals surface area (Å²) in [4.78, 5) is 12.6. The molecule has 0 bridgehead atoms. The lowest BCUT2D eigenvalue weighted by Gasteiger charge is -2.23. The highest BCUT2D eigenvalue weighted by Gasteiger charge is 2.24. The number of hydrogen-bond acceptors (Lipinski definition) is 5. The van der Waals surface area contributed by atoms with Gasteiger partial charge in [0, 0.05) is 5.71 Å². The van der Waals surface area contributed by atoms with Crippen LogP contribution in [0.5, 0.6) is 5.75 Å². The molecule has 8 heteroatoms. The summed E-state index contributed by atoms with van der Waals surface area (Å²) < 4.78 is 31.2. The van der Waals surface area contributed by atoms with E-state index in [4.69, 9.17) is 4.74 Å². The summed E-state index contributed by atoms with van der Waals surface area (Å²) in [6, 6.07) is 5.23. The molecule has 0 spiro atoms. The van der Waals surface area contributed by atoms with Crippen molar-refractivity contribution < 1.29 is 17.9 Å². The van der Waals surface area contributed by atoms with Gasteiger partial charge in [0.15, 0.2) is 0 Å². The average molecular weight is 452 g/mol. The number of aryl methyl sites for hydroxylation is 1. The maximum absolute atomic E-state index is 12.6. The van der Waals surface area contributed by atoms with Crippen LogP contribution >= 0.6 is 0 Å². The van der Waals surface area contributed by atoms with Gasteiger partial charge in [0.2, 0.25) is 10.0 Å². The van der Waals surface area contributed by atoms with Crippen molar-refractivity contribution in [1.82, 2.24) is 5.43 Å². The van der Waals surface area contributed by atoms with E-state index in [0.717, 1.165) is 47.5 Å². The number of amides is 1. The standard InChI is InChI=1S/C23H37N3O4S/c1-19-15-16-22(30-2)21(17-19)26(31(3,28)29)18-23(27)25-24-20-13-11-9-7-5-4-6-8-10-12-14-20/h15-17H,4-14,18H2,1-3H3,(H,25,27). The lowest BCUT2D eigenvalue weighted by Crippen LogP contribution is -2.39. The first-order valence-corrected chi connectivity index (χ1v) is 13.1. The minimum Gasteiger partial charge on any atom is -0.495 e. The van der Waals surface area contributed by atoms with Gasteiger partial charge < -0.3 is 4.74 Å². The molecular formula is C23H37N3O4S. The van der Waals surface area contributed by atoms with E-state index in [1.807, 2.05) is 13.0 Å². The van der Waals surface area contributed by atoms with Gasteiger partial charge in [-0.2, -0.15) is 5.10 Å². The molecule has 1 aromatic rings. The molecule has 0 saturated heterocycles. The lowest BCUT2D eigenvalue weighted by molar-refractivity contribution is -0.119. The first-order valence-electron chi connectivity index (χ1n) is 11.3. The van der Waals surface area contributed by atoms with Crippen LogP contribution in [0.3, 0.4) is 0 Å². The van der Waals surface area contributed by atoms with Crippen molar-refractivity contribution in [2.75, 3.05) is 24.2 Å². The molecule has 174 valence electrons. The molecule has 1 aliphatic rings. The number of nitrogens with one attached hydrogen (secondary N) is 1. The quantitative estimate of drug-likeness (QED) is 0.643. The number of hydrogen-bond donors (Lipinski definition) is 1. The molecule has 31 heavy (non-hydrogen) atoms. The highest BCUT2D eigenvalue weighted by Crippen LogP contribution is 2.30. The van der Waals surface area contributed by atoms with Gasteiger partial charge in [-0.25, -0.2) is 13.8 Å². The van der Waals surface area contributed by atoms with E-state index < -0.39 is 15.9 Å². The Morgan fingerprint density at radius 1 is 1.03 bits per heavy atom. The maximum Gasteiger partial charge on any atom is 0.260 e. The highest BCUT2D eigenvalue weighted by molar-refractivity contribution is 7.92. The Morgan fingerprint density at radius 2 is 1.58 bits per heavy atom. The molecule has 1 saturated carbocycles. The summed E-state index contributed by atoms with van der Waals surface area (Å²) in [5, 5.41) is 4.36. The molecule has 0 radical (unpaired) electrons. The number of carbonyl (C=O) groups is 1. The van der Waals surface area contributed by atoms with Crippen LogP contribution < -0.4 is 14.5 Å². The van der Waals surface area contributed by atoms with E-state index in [1.165, 1.54) is 52.1 Å². The predicted molar refractivity (Wildman–Crippen MR) is 126 cm³/mol. The second kappa shape index (κ2) is 12.7. The first-order chi connectivity index (χ1) is 14.8. The number of hydrazone groups is 1. The van der Waals surface area contributed by atoms with Crippen molar-refractivity contribution >= 4 is 27.3 Å². The number of benzene rings is 1. The molecule has 2 rings (SSSR count). The lowest BCUT2D eigenvalue weighted by atomic mass is 10.00. The van der Waals surface area contributed by atoms with E-state index >= 15 is 0 Å². The third-order valence-corrected chi connectivity index (χ3v) is 6.69. The number of ether oxygens (including phenoxy) is 1. The Bertz CT molecular complexity index is 838. The number of sulfonamides is 1. The minimum atomic E-state index is -3.69. The zero-order valence-corrected chi connectivity index (χ0v) is 20.0. The molecule has 1 N–H and O–H groups in total. The normalized spacial score (nSPS) is 16.5. The Hall–Kier alpha value is -2.09. The van der Waals surface area contributed by atoms with Crippen molar-refractivity contribution in [2.45, 2.75) is 77.6 Å². The summed E-state index contributed by atoms with van der Waals surface area (Å²) >= 11 is 0. The number of methoxy groups -OCH3 is 1. The molecular weight excluding hydrogens is 414 g/mol. The molecule has 0 heterocycles. The predicted octanol–water partition coefficient (Wildman–Crippen LogP) is 4.55. The van der Waals surface area contributed by atoms with Crippen molar-refractivity contribution in [3.05, 3.63) is 23.8 Å². The van der Waals surface area contributed by atoms with Crippen molar-refractivity contribution in [3.63, 3.8) is 0 Å². The third kappa shape index (κ3) is 8.89. The number of carbonyl (C=O) groups excluding carboxylic acids is 1. The molecule has 0 aliphatic heterocycles. The Balaban J connectivity index is 2.08. The second-order valence-electron chi connectivity index (χ2n) is 8.34. The molecule has 0 atom stereocenters. The maximum atomic E-state index is 12.6. The van der Waals surface area contributed by atoms with Gasteiger partial charge in [0.05, 0.1) is 19.1 Å². The smallest absolute Gasteiger partial charge is 0.260 e. The third-order valence-electron chi connectivity index (χ3n) is 5.56. The van der Waals surface area contributed by atoms with E-state index in [2.05, 4.69) is 10.5 Å². The van der Waals surface area contributed by atoms with Crippen LogP contribution in [-0.4, -0.2) is 39.9 Å². The first kappa shape index (κ1) is 25.2. The van der Waals surface area contributed by atoms with Gasteiger partial charge in [-0.3, -0.25) is 9.10 Å². The number of nitrogens with zero attached hydrogens (tertiary/aromatic N) is 2. The Kier molecular flexibility index (Phi) is 10.3. The van der Waals surface area contributed by atoms with Gasteiger partial charge >= 0.3 is 0 Å². The number of rotatable bonds is 6. The summed E-state index contributed by atoms with van der Waals surface area (Å²) in [5.74, 6) is -0.0675. The topological polar surface area (TPSA) is 88.1 Å². The van der Waals surface area contributed by atoms with Gasteiger partial charge in [-0.1, -0.05) is 51.0 Å². The van der Waals surface area contributed by atoms with Gasteiger partial charge in [0.25, 0.3) is 5.91 Å². The van der Waals surface area contributed by atoms with Crippen LogP contribution in [-0.2, 0) is 14.8 Å². The summed E-state index contributed by atoms with van der Waals surface area (Å²) in [5.41, 5.74) is 4.80. The highest BCUT2D eigenvalue weighted by atomic mass is 32.2. The van der Waals surface area contributed by atoms with Gasteiger partial charge in [-0.15, -0.1) is 0 Å². The van der Waals surface area contributed by atoms with Crippen LogP contribution in [0.4, 0.5) is 5.69 Å². The Morgan fingerprint density at radius 3 is 2.10 bits per heavy atom. The van der Waals surface area contributed by atoms with Crippen LogP contribution in [0, 0.1) is 6.92 Å². The molecule has 0 aromatic heterocycles. The molecule has 1 aromatic carbocycles. The zero-order chi connectivity index (χ0) is 22.7. The van der Waals surface area contributed by atoms with E-state index in [0.29, 0.717) is 11.4 Å². The monoisotopic (exact) mass is 451 g/mol. The zero-order valence-electron chi connectivity index (χ0n) is 19.2. The van der Waals surface area contributed by atoms with E-state index in [9.17, 15) is 13.2 Å². The summed E-state index contributed by atoms with van der Waals surface area (Å²) in [6.07, 6.45) is 13.8. The molecule has 1 aliphatic carbocycles. The van der Waals surface area contributed by atoms with Crippen molar-refractivity contribution in [2.24, 2.45) is 5.10 Å². The molecule has 7 nitrogen and oxygen atoms in total. The molecule has 1 amide bonds.